The molecule has 1 fully saturated rings. The Kier molecular flexibility index (Phi) is 5.89. The fourth-order valence-electron chi connectivity index (χ4n) is 3.03. The van der Waals surface area contributed by atoms with Crippen LogP contribution in [0.1, 0.15) is 23.2 Å². The van der Waals surface area contributed by atoms with Gasteiger partial charge < -0.3 is 9.64 Å². The number of likely N-dealkylation sites (tertiary alicyclic amines) is 1. The molecule has 1 aliphatic heterocycles. The summed E-state index contributed by atoms with van der Waals surface area (Å²) in [5.74, 6) is -0.0582. The molecule has 0 atom stereocenters. The van der Waals surface area contributed by atoms with Crippen molar-refractivity contribution in [3.8, 4) is 5.75 Å². The lowest BCUT2D eigenvalue weighted by molar-refractivity contribution is -0.134. The molecule has 0 radical (unpaired) electrons. The molecule has 6 heteroatoms. The van der Waals surface area contributed by atoms with Crippen molar-refractivity contribution in [2.75, 3.05) is 19.7 Å². The van der Waals surface area contributed by atoms with E-state index in [2.05, 4.69) is 0 Å². The first kappa shape index (κ1) is 18.4. The molecule has 0 unspecified atom stereocenters. The molecular formula is C20H19ClFNO3. The highest BCUT2D eigenvalue weighted by Gasteiger charge is 2.28. The highest BCUT2D eigenvalue weighted by atomic mass is 35.5. The summed E-state index contributed by atoms with van der Waals surface area (Å²) in [6.07, 6.45) is 1.19. The monoisotopic (exact) mass is 375 g/mol. The maximum Gasteiger partial charge on any atom is 0.260 e. The van der Waals surface area contributed by atoms with Crippen LogP contribution in [0.15, 0.2) is 48.5 Å². The first-order chi connectivity index (χ1) is 12.5. The van der Waals surface area contributed by atoms with Crippen molar-refractivity contribution in [3.63, 3.8) is 0 Å². The van der Waals surface area contributed by atoms with Gasteiger partial charge in [-0.3, -0.25) is 9.59 Å². The van der Waals surface area contributed by atoms with E-state index in [0.29, 0.717) is 42.3 Å². The minimum atomic E-state index is -0.360. The standard InChI is InChI=1S/C20H19ClFNO3/c21-16-2-1-3-18(12-16)26-13-19(24)23-10-8-15(9-11-23)20(25)14-4-6-17(22)7-5-14/h1-7,12,15H,8-11,13H2. The van der Waals surface area contributed by atoms with Crippen LogP contribution in [-0.4, -0.2) is 36.3 Å². The van der Waals surface area contributed by atoms with E-state index >= 15 is 0 Å². The first-order valence-corrected chi connectivity index (χ1v) is 8.86. The smallest absolute Gasteiger partial charge is 0.260 e. The zero-order chi connectivity index (χ0) is 18.5. The molecule has 0 aromatic heterocycles. The van der Waals surface area contributed by atoms with E-state index in [1.807, 2.05) is 0 Å². The molecule has 4 nitrogen and oxygen atoms in total. The van der Waals surface area contributed by atoms with E-state index in [4.69, 9.17) is 16.3 Å². The molecule has 136 valence electrons. The Morgan fingerprint density at radius 1 is 1.12 bits per heavy atom. The van der Waals surface area contributed by atoms with Crippen molar-refractivity contribution in [2.24, 2.45) is 5.92 Å². The van der Waals surface area contributed by atoms with Gasteiger partial charge in [0.05, 0.1) is 0 Å². The van der Waals surface area contributed by atoms with Crippen LogP contribution in [0.4, 0.5) is 4.39 Å². The largest absolute Gasteiger partial charge is 0.484 e. The van der Waals surface area contributed by atoms with Crippen molar-refractivity contribution < 1.29 is 18.7 Å². The van der Waals surface area contributed by atoms with Gasteiger partial charge in [-0.1, -0.05) is 17.7 Å². The number of halogens is 2. The minimum Gasteiger partial charge on any atom is -0.484 e. The van der Waals surface area contributed by atoms with Gasteiger partial charge in [-0.25, -0.2) is 4.39 Å². The van der Waals surface area contributed by atoms with E-state index < -0.39 is 0 Å². The number of hydrogen-bond acceptors (Lipinski definition) is 3. The quantitative estimate of drug-likeness (QED) is 0.742. The molecule has 0 bridgehead atoms. The number of benzene rings is 2. The van der Waals surface area contributed by atoms with E-state index in [9.17, 15) is 14.0 Å². The second kappa shape index (κ2) is 8.32. The number of nitrogens with zero attached hydrogens (tertiary/aromatic N) is 1. The zero-order valence-electron chi connectivity index (χ0n) is 14.2. The highest BCUT2D eigenvalue weighted by Crippen LogP contribution is 2.22. The molecule has 26 heavy (non-hydrogen) atoms. The molecule has 1 heterocycles. The molecule has 0 spiro atoms. The van der Waals surface area contributed by atoms with Gasteiger partial charge in [0.1, 0.15) is 11.6 Å². The lowest BCUT2D eigenvalue weighted by atomic mass is 9.89. The lowest BCUT2D eigenvalue weighted by Gasteiger charge is -2.31. The van der Waals surface area contributed by atoms with Gasteiger partial charge in [0, 0.05) is 29.6 Å². The van der Waals surface area contributed by atoms with Crippen molar-refractivity contribution >= 4 is 23.3 Å². The van der Waals surface area contributed by atoms with E-state index in [1.165, 1.54) is 24.3 Å². The van der Waals surface area contributed by atoms with E-state index in [0.717, 1.165) is 0 Å². The highest BCUT2D eigenvalue weighted by molar-refractivity contribution is 6.30. The van der Waals surface area contributed by atoms with Gasteiger partial charge in [0.2, 0.25) is 0 Å². The maximum absolute atomic E-state index is 13.0. The predicted molar refractivity (Wildman–Crippen MR) is 97.0 cm³/mol. The minimum absolute atomic E-state index is 0.00674. The summed E-state index contributed by atoms with van der Waals surface area (Å²) in [4.78, 5) is 26.5. The molecule has 1 aliphatic rings. The summed E-state index contributed by atoms with van der Waals surface area (Å²) in [6, 6.07) is 12.5. The molecule has 1 amide bonds. The average Bonchev–Trinajstić information content (AvgIpc) is 2.66. The van der Waals surface area contributed by atoms with Crippen LogP contribution >= 0.6 is 11.6 Å². The molecule has 3 rings (SSSR count). The SMILES string of the molecule is O=C(c1ccc(F)cc1)C1CCN(C(=O)COc2cccc(Cl)c2)CC1. The second-order valence-electron chi connectivity index (χ2n) is 6.27. The van der Waals surface area contributed by atoms with E-state index in [1.54, 1.807) is 29.2 Å². The Hall–Kier alpha value is -2.40. The number of ketones is 1. The van der Waals surface area contributed by atoms with Crippen LogP contribution in [0.2, 0.25) is 5.02 Å². The van der Waals surface area contributed by atoms with Crippen molar-refractivity contribution in [1.29, 1.82) is 0 Å². The van der Waals surface area contributed by atoms with Gasteiger partial charge in [0.25, 0.3) is 5.91 Å². The van der Waals surface area contributed by atoms with Gasteiger partial charge in [-0.05, 0) is 55.3 Å². The number of carbonyl (C=O) groups excluding carboxylic acids is 2. The number of rotatable bonds is 5. The Bertz CT molecular complexity index is 786. The third kappa shape index (κ3) is 4.61. The van der Waals surface area contributed by atoms with Crippen LogP contribution in [0.5, 0.6) is 5.75 Å². The van der Waals surface area contributed by atoms with Gasteiger partial charge in [-0.15, -0.1) is 0 Å². The molecule has 2 aromatic rings. The van der Waals surface area contributed by atoms with Crippen LogP contribution < -0.4 is 4.74 Å². The van der Waals surface area contributed by atoms with Crippen molar-refractivity contribution in [3.05, 3.63) is 64.9 Å². The lowest BCUT2D eigenvalue weighted by Crippen LogP contribution is -2.42. The Balaban J connectivity index is 1.49. The summed E-state index contributed by atoms with van der Waals surface area (Å²) >= 11 is 5.89. The van der Waals surface area contributed by atoms with Crippen molar-refractivity contribution in [1.82, 2.24) is 4.90 Å². The summed E-state index contributed by atoms with van der Waals surface area (Å²) in [6.45, 7) is 0.960. The van der Waals surface area contributed by atoms with Crippen LogP contribution in [0.3, 0.4) is 0 Å². The topological polar surface area (TPSA) is 46.6 Å². The number of Topliss-reactive ketones (excluding diaryl/α,β-unsaturated/α-hetero) is 1. The third-order valence-corrected chi connectivity index (χ3v) is 4.74. The van der Waals surface area contributed by atoms with Crippen LogP contribution in [-0.2, 0) is 4.79 Å². The number of piperidine rings is 1. The number of hydrogen-bond donors (Lipinski definition) is 0. The Morgan fingerprint density at radius 3 is 2.46 bits per heavy atom. The maximum atomic E-state index is 13.0. The Labute approximate surface area is 156 Å². The molecule has 0 N–H and O–H groups in total. The average molecular weight is 376 g/mol. The molecular weight excluding hydrogens is 357 g/mol. The summed E-state index contributed by atoms with van der Waals surface area (Å²) in [7, 11) is 0. The molecule has 1 saturated heterocycles. The molecule has 2 aromatic carbocycles. The third-order valence-electron chi connectivity index (χ3n) is 4.51. The number of ether oxygens (including phenoxy) is 1. The number of amides is 1. The predicted octanol–water partition coefficient (Wildman–Crippen LogP) is 3.98. The fraction of sp³-hybridized carbons (Fsp3) is 0.300. The number of carbonyl (C=O) groups is 2. The fourth-order valence-corrected chi connectivity index (χ4v) is 3.21. The summed E-state index contributed by atoms with van der Waals surface area (Å²) < 4.78 is 18.5. The van der Waals surface area contributed by atoms with Gasteiger partial charge in [0.15, 0.2) is 12.4 Å². The second-order valence-corrected chi connectivity index (χ2v) is 6.71. The zero-order valence-corrected chi connectivity index (χ0v) is 14.9. The van der Waals surface area contributed by atoms with Crippen LogP contribution in [0.25, 0.3) is 0 Å². The van der Waals surface area contributed by atoms with Gasteiger partial charge in [-0.2, -0.15) is 0 Å². The summed E-state index contributed by atoms with van der Waals surface area (Å²) in [5, 5.41) is 0.551. The first-order valence-electron chi connectivity index (χ1n) is 8.49. The Morgan fingerprint density at radius 2 is 1.81 bits per heavy atom. The van der Waals surface area contributed by atoms with Crippen LogP contribution in [0, 0.1) is 11.7 Å². The van der Waals surface area contributed by atoms with E-state index in [-0.39, 0.29) is 30.0 Å². The normalized spacial score (nSPS) is 14.9. The van der Waals surface area contributed by atoms with Crippen molar-refractivity contribution in [2.45, 2.75) is 12.8 Å². The summed E-state index contributed by atoms with van der Waals surface area (Å²) in [5.41, 5.74) is 0.514. The molecule has 0 aliphatic carbocycles. The molecule has 0 saturated carbocycles. The van der Waals surface area contributed by atoms with Gasteiger partial charge >= 0.3 is 0 Å².